The summed E-state index contributed by atoms with van der Waals surface area (Å²) in [5, 5.41) is 0.504. The van der Waals surface area contributed by atoms with E-state index in [9.17, 15) is 13.2 Å². The van der Waals surface area contributed by atoms with Crippen molar-refractivity contribution in [1.82, 2.24) is 9.21 Å². The van der Waals surface area contributed by atoms with Gasteiger partial charge < -0.3 is 4.90 Å². The Morgan fingerprint density at radius 1 is 1.19 bits per heavy atom. The fourth-order valence-electron chi connectivity index (χ4n) is 2.46. The third-order valence-corrected chi connectivity index (χ3v) is 5.86. The second kappa shape index (κ2) is 6.34. The van der Waals surface area contributed by atoms with E-state index in [1.807, 2.05) is 0 Å². The molecule has 0 bridgehead atoms. The number of halogens is 1. The molecule has 5 nitrogen and oxygen atoms in total. The third kappa shape index (κ3) is 3.56. The molecule has 0 N–H and O–H groups in total. The molecule has 1 saturated heterocycles. The quantitative estimate of drug-likeness (QED) is 0.849. The van der Waals surface area contributed by atoms with E-state index in [1.54, 1.807) is 31.1 Å². The molecule has 2 rings (SSSR count). The van der Waals surface area contributed by atoms with Gasteiger partial charge in [-0.25, -0.2) is 8.42 Å². The van der Waals surface area contributed by atoms with Gasteiger partial charge in [-0.1, -0.05) is 11.6 Å². The monoisotopic (exact) mass is 330 g/mol. The molecule has 0 aliphatic carbocycles. The molecule has 1 aromatic rings. The first-order chi connectivity index (χ1) is 9.82. The molecule has 1 amide bonds. The number of hydrogen-bond donors (Lipinski definition) is 0. The van der Waals surface area contributed by atoms with Crippen molar-refractivity contribution in [2.75, 3.05) is 27.2 Å². The van der Waals surface area contributed by atoms with Crippen LogP contribution in [0.4, 0.5) is 0 Å². The minimum atomic E-state index is -3.50. The Kier molecular flexibility index (Phi) is 4.91. The summed E-state index contributed by atoms with van der Waals surface area (Å²) in [5.74, 6) is -0.0183. The molecule has 0 aromatic heterocycles. The van der Waals surface area contributed by atoms with Crippen LogP contribution in [0.1, 0.15) is 12.8 Å². The molecule has 1 aromatic carbocycles. The zero-order chi connectivity index (χ0) is 15.6. The van der Waals surface area contributed by atoms with Gasteiger partial charge in [-0.15, -0.1) is 0 Å². The average molecular weight is 331 g/mol. The standard InChI is InChI=1S/C14H19ClN2O3S/c1-16(2)14(18)11-7-9-17(10-8-11)21(19,20)13-5-3-12(15)4-6-13/h3-6,11H,7-10H2,1-2H3. The molecule has 0 radical (unpaired) electrons. The van der Waals surface area contributed by atoms with Crippen molar-refractivity contribution in [3.63, 3.8) is 0 Å². The molecule has 0 atom stereocenters. The van der Waals surface area contributed by atoms with Gasteiger partial charge in [-0.05, 0) is 37.1 Å². The van der Waals surface area contributed by atoms with E-state index in [2.05, 4.69) is 0 Å². The largest absolute Gasteiger partial charge is 0.349 e. The second-order valence-electron chi connectivity index (χ2n) is 5.36. The zero-order valence-corrected chi connectivity index (χ0v) is 13.7. The zero-order valence-electron chi connectivity index (χ0n) is 12.1. The van der Waals surface area contributed by atoms with Crippen molar-refractivity contribution in [2.45, 2.75) is 17.7 Å². The highest BCUT2D eigenvalue weighted by Gasteiger charge is 2.32. The lowest BCUT2D eigenvalue weighted by Crippen LogP contribution is -2.42. The molecule has 1 aliphatic rings. The molecule has 116 valence electrons. The molecule has 1 fully saturated rings. The normalized spacial score (nSPS) is 17.7. The van der Waals surface area contributed by atoms with Crippen molar-refractivity contribution >= 4 is 27.5 Å². The number of piperidine rings is 1. The van der Waals surface area contributed by atoms with Crippen molar-refractivity contribution in [3.05, 3.63) is 29.3 Å². The first-order valence-corrected chi connectivity index (χ1v) is 8.61. The topological polar surface area (TPSA) is 57.7 Å². The summed E-state index contributed by atoms with van der Waals surface area (Å²) >= 11 is 5.78. The molecule has 1 heterocycles. The summed E-state index contributed by atoms with van der Waals surface area (Å²) in [5.41, 5.74) is 0. The van der Waals surface area contributed by atoms with Crippen LogP contribution >= 0.6 is 11.6 Å². The van der Waals surface area contributed by atoms with Crippen molar-refractivity contribution in [1.29, 1.82) is 0 Å². The maximum absolute atomic E-state index is 12.5. The number of benzene rings is 1. The maximum atomic E-state index is 12.5. The summed E-state index contributed by atoms with van der Waals surface area (Å²) in [6.07, 6.45) is 1.12. The van der Waals surface area contributed by atoms with E-state index >= 15 is 0 Å². The van der Waals surface area contributed by atoms with Crippen LogP contribution in [0.2, 0.25) is 5.02 Å². The lowest BCUT2D eigenvalue weighted by Gasteiger charge is -2.31. The lowest BCUT2D eigenvalue weighted by molar-refractivity contribution is -0.134. The summed E-state index contributed by atoms with van der Waals surface area (Å²) in [4.78, 5) is 13.7. The van der Waals surface area contributed by atoms with Gasteiger partial charge in [0.15, 0.2) is 0 Å². The smallest absolute Gasteiger partial charge is 0.243 e. The van der Waals surface area contributed by atoms with Gasteiger partial charge >= 0.3 is 0 Å². The Morgan fingerprint density at radius 3 is 2.19 bits per heavy atom. The molecular weight excluding hydrogens is 312 g/mol. The van der Waals surface area contributed by atoms with Crippen LogP contribution in [0.15, 0.2) is 29.2 Å². The van der Waals surface area contributed by atoms with Gasteiger partial charge in [0.2, 0.25) is 15.9 Å². The lowest BCUT2D eigenvalue weighted by atomic mass is 9.97. The van der Waals surface area contributed by atoms with Crippen molar-refractivity contribution in [2.24, 2.45) is 5.92 Å². The first kappa shape index (κ1) is 16.3. The molecule has 0 spiro atoms. The van der Waals surface area contributed by atoms with Crippen LogP contribution in [0.25, 0.3) is 0 Å². The number of carbonyl (C=O) groups excluding carboxylic acids is 1. The average Bonchev–Trinajstić information content (AvgIpc) is 2.47. The Balaban J connectivity index is 2.07. The van der Waals surface area contributed by atoms with E-state index in [1.165, 1.54) is 16.4 Å². The Bertz CT molecular complexity index is 606. The fourth-order valence-corrected chi connectivity index (χ4v) is 4.06. The number of carbonyl (C=O) groups is 1. The highest BCUT2D eigenvalue weighted by atomic mass is 35.5. The molecule has 0 saturated carbocycles. The fraction of sp³-hybridized carbons (Fsp3) is 0.500. The van der Waals surface area contributed by atoms with Crippen LogP contribution < -0.4 is 0 Å². The molecule has 21 heavy (non-hydrogen) atoms. The SMILES string of the molecule is CN(C)C(=O)C1CCN(S(=O)(=O)c2ccc(Cl)cc2)CC1. The summed E-state index contributed by atoms with van der Waals surface area (Å²) in [6.45, 7) is 0.740. The predicted octanol–water partition coefficient (Wildman–Crippen LogP) is 1.83. The van der Waals surface area contributed by atoms with E-state index in [-0.39, 0.29) is 16.7 Å². The van der Waals surface area contributed by atoms with Crippen LogP contribution in [0, 0.1) is 5.92 Å². The summed E-state index contributed by atoms with van der Waals surface area (Å²) in [6, 6.07) is 6.15. The van der Waals surface area contributed by atoms with Gasteiger partial charge in [0.05, 0.1) is 4.90 Å². The number of sulfonamides is 1. The Labute approximate surface area is 130 Å². The van der Waals surface area contributed by atoms with Gasteiger partial charge in [0, 0.05) is 38.1 Å². The van der Waals surface area contributed by atoms with Gasteiger partial charge in [0.1, 0.15) is 0 Å². The number of amides is 1. The van der Waals surface area contributed by atoms with Crippen LogP contribution in [-0.2, 0) is 14.8 Å². The third-order valence-electron chi connectivity index (χ3n) is 3.70. The highest BCUT2D eigenvalue weighted by Crippen LogP contribution is 2.25. The number of rotatable bonds is 3. The minimum absolute atomic E-state index is 0.0681. The van der Waals surface area contributed by atoms with E-state index in [4.69, 9.17) is 11.6 Å². The summed E-state index contributed by atoms with van der Waals surface area (Å²) < 4.78 is 26.4. The second-order valence-corrected chi connectivity index (χ2v) is 7.74. The van der Waals surface area contributed by atoms with Gasteiger partial charge in [0.25, 0.3) is 0 Å². The molecule has 1 aliphatic heterocycles. The Hall–Kier alpha value is -1.11. The summed E-state index contributed by atoms with van der Waals surface area (Å²) in [7, 11) is -0.0556. The predicted molar refractivity (Wildman–Crippen MR) is 81.6 cm³/mol. The first-order valence-electron chi connectivity index (χ1n) is 6.79. The van der Waals surface area contributed by atoms with Gasteiger partial charge in [-0.3, -0.25) is 4.79 Å². The van der Waals surface area contributed by atoms with E-state index in [0.717, 1.165) is 0 Å². The number of hydrogen-bond acceptors (Lipinski definition) is 3. The van der Waals surface area contributed by atoms with Crippen LogP contribution in [0.3, 0.4) is 0 Å². The molecule has 0 unspecified atom stereocenters. The van der Waals surface area contributed by atoms with Crippen molar-refractivity contribution < 1.29 is 13.2 Å². The van der Waals surface area contributed by atoms with Crippen molar-refractivity contribution in [3.8, 4) is 0 Å². The Morgan fingerprint density at radius 2 is 1.71 bits per heavy atom. The van der Waals surface area contributed by atoms with Gasteiger partial charge in [-0.2, -0.15) is 4.31 Å². The van der Waals surface area contributed by atoms with Crippen LogP contribution in [-0.4, -0.2) is 50.7 Å². The van der Waals surface area contributed by atoms with E-state index < -0.39 is 10.0 Å². The molecular formula is C14H19ClN2O3S. The minimum Gasteiger partial charge on any atom is -0.349 e. The highest BCUT2D eigenvalue weighted by molar-refractivity contribution is 7.89. The molecule has 7 heteroatoms. The number of nitrogens with zero attached hydrogens (tertiary/aromatic N) is 2. The maximum Gasteiger partial charge on any atom is 0.243 e. The van der Waals surface area contributed by atoms with E-state index in [0.29, 0.717) is 31.0 Å². The van der Waals surface area contributed by atoms with Crippen LogP contribution in [0.5, 0.6) is 0 Å².